The minimum Gasteiger partial charge on any atom is -0.466 e. The summed E-state index contributed by atoms with van der Waals surface area (Å²) in [6.07, 6.45) is 3.06. The van der Waals surface area contributed by atoms with Crippen molar-refractivity contribution in [1.29, 1.82) is 0 Å². The number of nitrogens with one attached hydrogen (secondary N) is 4. The van der Waals surface area contributed by atoms with Gasteiger partial charge >= 0.3 is 12.0 Å². The second-order valence-corrected chi connectivity index (χ2v) is 7.62. The molecule has 0 spiro atoms. The Hall–Kier alpha value is -4.73. The van der Waals surface area contributed by atoms with Crippen LogP contribution in [-0.2, 0) is 14.3 Å². The highest BCUT2D eigenvalue weighted by molar-refractivity contribution is 6.01. The second-order valence-electron chi connectivity index (χ2n) is 7.62. The molecule has 1 heterocycles. The molecule has 36 heavy (non-hydrogen) atoms. The van der Waals surface area contributed by atoms with Gasteiger partial charge in [0, 0.05) is 29.3 Å². The molecule has 0 saturated heterocycles. The van der Waals surface area contributed by atoms with Crippen LogP contribution in [0.5, 0.6) is 0 Å². The molecule has 10 heteroatoms. The fraction of sp³-hybridized carbons (Fsp3) is 0.192. The molecule has 0 saturated carbocycles. The molecule has 1 aromatic heterocycles. The number of carbonyl (C=O) groups is 4. The summed E-state index contributed by atoms with van der Waals surface area (Å²) in [6, 6.07) is 17.6. The first-order valence-electron chi connectivity index (χ1n) is 11.3. The smallest absolute Gasteiger partial charge is 0.323 e. The summed E-state index contributed by atoms with van der Waals surface area (Å²) in [5.41, 5.74) is 1.93. The lowest BCUT2D eigenvalue weighted by Gasteiger charge is -2.18. The summed E-state index contributed by atoms with van der Waals surface area (Å²) in [7, 11) is 0. The van der Waals surface area contributed by atoms with Crippen molar-refractivity contribution >= 4 is 35.2 Å². The molecule has 2 aromatic carbocycles. The molecule has 0 bridgehead atoms. The van der Waals surface area contributed by atoms with Crippen molar-refractivity contribution in [3.8, 4) is 0 Å². The van der Waals surface area contributed by atoms with E-state index in [0.29, 0.717) is 16.9 Å². The maximum atomic E-state index is 12.6. The topological polar surface area (TPSA) is 139 Å². The van der Waals surface area contributed by atoms with Gasteiger partial charge in [-0.25, -0.2) is 4.79 Å². The van der Waals surface area contributed by atoms with Crippen LogP contribution >= 0.6 is 0 Å². The predicted molar refractivity (Wildman–Crippen MR) is 134 cm³/mol. The van der Waals surface area contributed by atoms with E-state index >= 15 is 0 Å². The molecule has 10 nitrogen and oxygen atoms in total. The maximum absolute atomic E-state index is 12.6. The lowest BCUT2D eigenvalue weighted by molar-refractivity contribution is -0.143. The van der Waals surface area contributed by atoms with E-state index < -0.39 is 29.9 Å². The van der Waals surface area contributed by atoms with Crippen LogP contribution in [0.15, 0.2) is 79.1 Å². The Bertz CT molecular complexity index is 1190. The number of para-hydroxylation sites is 1. The van der Waals surface area contributed by atoms with Crippen molar-refractivity contribution in [2.45, 2.75) is 19.4 Å². The Labute approximate surface area is 208 Å². The van der Waals surface area contributed by atoms with Gasteiger partial charge in [-0.05, 0) is 48.9 Å². The number of rotatable bonds is 10. The van der Waals surface area contributed by atoms with E-state index in [-0.39, 0.29) is 25.1 Å². The first-order valence-corrected chi connectivity index (χ1v) is 11.3. The monoisotopic (exact) mass is 489 g/mol. The molecule has 0 aliphatic heterocycles. The molecule has 3 aromatic rings. The van der Waals surface area contributed by atoms with E-state index in [4.69, 9.17) is 4.74 Å². The third kappa shape index (κ3) is 8.24. The third-order valence-corrected chi connectivity index (χ3v) is 4.92. The Balaban J connectivity index is 1.55. The van der Waals surface area contributed by atoms with Gasteiger partial charge in [-0.2, -0.15) is 0 Å². The number of hydrogen-bond acceptors (Lipinski definition) is 6. The lowest BCUT2D eigenvalue weighted by Crippen LogP contribution is -2.39. The number of urea groups is 1. The van der Waals surface area contributed by atoms with Gasteiger partial charge in [0.25, 0.3) is 5.91 Å². The first kappa shape index (κ1) is 25.9. The van der Waals surface area contributed by atoms with Crippen LogP contribution in [0.3, 0.4) is 0 Å². The Morgan fingerprint density at radius 3 is 2.39 bits per heavy atom. The van der Waals surface area contributed by atoms with Crippen LogP contribution in [0.2, 0.25) is 0 Å². The molecule has 0 aliphatic carbocycles. The highest BCUT2D eigenvalue weighted by Gasteiger charge is 2.20. The summed E-state index contributed by atoms with van der Waals surface area (Å²) < 4.78 is 4.99. The van der Waals surface area contributed by atoms with E-state index in [1.807, 2.05) is 6.07 Å². The number of aromatic nitrogens is 1. The van der Waals surface area contributed by atoms with Gasteiger partial charge in [0.1, 0.15) is 0 Å². The average molecular weight is 490 g/mol. The zero-order chi connectivity index (χ0) is 25.8. The molecule has 0 fully saturated rings. The largest absolute Gasteiger partial charge is 0.466 e. The molecule has 0 aliphatic rings. The quantitative estimate of drug-likeness (QED) is 0.323. The number of benzene rings is 2. The SMILES string of the molecule is CCOC(=O)CC(NC(=O)CNC(=O)c1cccc(NC(=O)Nc2ccccc2)c1)c1cccnc1. The normalized spacial score (nSPS) is 11.0. The Kier molecular flexibility index (Phi) is 9.51. The minimum atomic E-state index is -0.655. The number of carbonyl (C=O) groups excluding carboxylic acids is 4. The molecule has 186 valence electrons. The second kappa shape index (κ2) is 13.2. The standard InChI is InChI=1S/C26H27N5O5/c1-2-36-24(33)15-22(19-9-7-13-27-16-19)31-23(32)17-28-25(34)18-8-6-12-21(14-18)30-26(35)29-20-10-4-3-5-11-20/h3-14,16,22H,2,15,17H2,1H3,(H,28,34)(H,31,32)(H2,29,30,35). The number of ether oxygens (including phenoxy) is 1. The predicted octanol–water partition coefficient (Wildman–Crippen LogP) is 3.27. The Morgan fingerprint density at radius 1 is 0.917 bits per heavy atom. The summed E-state index contributed by atoms with van der Waals surface area (Å²) >= 11 is 0. The zero-order valence-electron chi connectivity index (χ0n) is 19.7. The van der Waals surface area contributed by atoms with Crippen LogP contribution < -0.4 is 21.3 Å². The van der Waals surface area contributed by atoms with Crippen molar-refractivity contribution in [3.63, 3.8) is 0 Å². The molecule has 1 atom stereocenters. The number of esters is 1. The molecule has 1 unspecified atom stereocenters. The first-order chi connectivity index (χ1) is 17.4. The van der Waals surface area contributed by atoms with Crippen LogP contribution in [0.4, 0.5) is 16.2 Å². The molecule has 3 rings (SSSR count). The molecule has 4 N–H and O–H groups in total. The molecule has 0 radical (unpaired) electrons. The Morgan fingerprint density at radius 2 is 1.67 bits per heavy atom. The van der Waals surface area contributed by atoms with E-state index in [1.165, 1.54) is 6.07 Å². The number of pyridine rings is 1. The maximum Gasteiger partial charge on any atom is 0.323 e. The van der Waals surface area contributed by atoms with Gasteiger partial charge < -0.3 is 26.0 Å². The van der Waals surface area contributed by atoms with E-state index in [0.717, 1.165) is 0 Å². The fourth-order valence-electron chi connectivity index (χ4n) is 3.28. The lowest BCUT2D eigenvalue weighted by atomic mass is 10.1. The van der Waals surface area contributed by atoms with Gasteiger partial charge in [-0.1, -0.05) is 30.3 Å². The zero-order valence-corrected chi connectivity index (χ0v) is 19.7. The average Bonchev–Trinajstić information content (AvgIpc) is 2.88. The van der Waals surface area contributed by atoms with Crippen LogP contribution in [0.1, 0.15) is 35.3 Å². The van der Waals surface area contributed by atoms with Gasteiger partial charge in [-0.3, -0.25) is 19.4 Å². The summed E-state index contributed by atoms with van der Waals surface area (Å²) in [4.78, 5) is 53.3. The van der Waals surface area contributed by atoms with Gasteiger partial charge in [0.2, 0.25) is 5.91 Å². The van der Waals surface area contributed by atoms with E-state index in [9.17, 15) is 19.2 Å². The third-order valence-electron chi connectivity index (χ3n) is 4.92. The summed E-state index contributed by atoms with van der Waals surface area (Å²) in [5.74, 6) is -1.45. The van der Waals surface area contributed by atoms with Crippen molar-refractivity contribution in [2.75, 3.05) is 23.8 Å². The minimum absolute atomic E-state index is 0.0714. The van der Waals surface area contributed by atoms with E-state index in [1.54, 1.807) is 73.9 Å². The van der Waals surface area contributed by atoms with Crippen molar-refractivity contribution in [3.05, 3.63) is 90.3 Å². The highest BCUT2D eigenvalue weighted by Crippen LogP contribution is 2.16. The summed E-state index contributed by atoms with van der Waals surface area (Å²) in [5, 5.41) is 10.6. The van der Waals surface area contributed by atoms with Crippen molar-refractivity contribution < 1.29 is 23.9 Å². The van der Waals surface area contributed by atoms with Crippen LogP contribution in [0.25, 0.3) is 0 Å². The molecular formula is C26H27N5O5. The molecule has 4 amide bonds. The van der Waals surface area contributed by atoms with Gasteiger partial charge in [0.15, 0.2) is 0 Å². The van der Waals surface area contributed by atoms with Crippen molar-refractivity contribution in [1.82, 2.24) is 15.6 Å². The number of hydrogen-bond donors (Lipinski definition) is 4. The fourth-order valence-corrected chi connectivity index (χ4v) is 3.28. The van der Waals surface area contributed by atoms with E-state index in [2.05, 4.69) is 26.3 Å². The number of anilines is 2. The van der Waals surface area contributed by atoms with Crippen molar-refractivity contribution in [2.24, 2.45) is 0 Å². The summed E-state index contributed by atoms with van der Waals surface area (Å²) in [6.45, 7) is 1.61. The molecular weight excluding hydrogens is 462 g/mol. The number of amides is 4. The van der Waals surface area contributed by atoms with Gasteiger partial charge in [-0.15, -0.1) is 0 Å². The van der Waals surface area contributed by atoms with Crippen LogP contribution in [0, 0.1) is 0 Å². The highest BCUT2D eigenvalue weighted by atomic mass is 16.5. The van der Waals surface area contributed by atoms with Crippen LogP contribution in [-0.4, -0.2) is 42.0 Å². The number of nitrogens with zero attached hydrogens (tertiary/aromatic N) is 1. The van der Waals surface area contributed by atoms with Gasteiger partial charge in [0.05, 0.1) is 25.6 Å².